The van der Waals surface area contributed by atoms with Crippen molar-refractivity contribution in [1.29, 1.82) is 0 Å². The molecule has 124 valence electrons. The quantitative estimate of drug-likeness (QED) is 0.709. The highest BCUT2D eigenvalue weighted by Gasteiger charge is 2.32. The average Bonchev–Trinajstić information content (AvgIpc) is 2.44. The summed E-state index contributed by atoms with van der Waals surface area (Å²) < 4.78 is 23.3. The van der Waals surface area contributed by atoms with E-state index in [1.165, 1.54) is 6.26 Å². The van der Waals surface area contributed by atoms with Gasteiger partial charge in [0.05, 0.1) is 5.25 Å². The van der Waals surface area contributed by atoms with E-state index in [9.17, 15) is 13.2 Å². The summed E-state index contributed by atoms with van der Waals surface area (Å²) in [5.41, 5.74) is 5.62. The highest BCUT2D eigenvalue weighted by molar-refractivity contribution is 7.91. The first-order chi connectivity index (χ1) is 9.88. The summed E-state index contributed by atoms with van der Waals surface area (Å²) in [5.74, 6) is 0.762. The van der Waals surface area contributed by atoms with E-state index in [0.717, 1.165) is 38.5 Å². The van der Waals surface area contributed by atoms with Gasteiger partial charge in [-0.2, -0.15) is 0 Å². The Morgan fingerprint density at radius 2 is 1.95 bits per heavy atom. The lowest BCUT2D eigenvalue weighted by Gasteiger charge is -2.27. The second-order valence-electron chi connectivity index (χ2n) is 6.55. The first-order valence-electron chi connectivity index (χ1n) is 8.30. The maximum Gasteiger partial charge on any atom is 0.150 e. The molecule has 0 bridgehead atoms. The highest BCUT2D eigenvalue weighted by atomic mass is 32.2. The van der Waals surface area contributed by atoms with Crippen LogP contribution in [0.15, 0.2) is 0 Å². The summed E-state index contributed by atoms with van der Waals surface area (Å²) in [5, 5.41) is -0.310. The Balaban J connectivity index is 2.47. The number of ketones is 1. The van der Waals surface area contributed by atoms with Crippen LogP contribution < -0.4 is 5.73 Å². The number of carbonyl (C=O) groups is 1. The molecule has 0 heterocycles. The van der Waals surface area contributed by atoms with E-state index in [-0.39, 0.29) is 17.0 Å². The molecule has 1 rings (SSSR count). The zero-order valence-corrected chi connectivity index (χ0v) is 14.3. The average molecular weight is 317 g/mol. The molecular weight excluding hydrogens is 286 g/mol. The Bertz CT molecular complexity index is 413. The molecular formula is C16H31NO3S. The standard InChI is InChI=1S/C16H31NO3S/c1-3-5-13(10-11-17)8-9-16(18)14-6-4-7-15(12-14)21(2,19)20/h13-15H,3-12,17H2,1-2H3. The van der Waals surface area contributed by atoms with Crippen molar-refractivity contribution in [1.82, 2.24) is 0 Å². The molecule has 1 saturated carbocycles. The molecule has 0 aromatic carbocycles. The van der Waals surface area contributed by atoms with Crippen molar-refractivity contribution in [2.24, 2.45) is 17.6 Å². The van der Waals surface area contributed by atoms with Gasteiger partial charge < -0.3 is 5.73 Å². The van der Waals surface area contributed by atoms with Gasteiger partial charge in [-0.25, -0.2) is 8.42 Å². The van der Waals surface area contributed by atoms with Gasteiger partial charge in [0.2, 0.25) is 0 Å². The number of hydrogen-bond acceptors (Lipinski definition) is 4. The molecule has 2 N–H and O–H groups in total. The normalized spacial score (nSPS) is 24.7. The van der Waals surface area contributed by atoms with Crippen molar-refractivity contribution < 1.29 is 13.2 Å². The Kier molecular flexibility index (Phi) is 7.88. The highest BCUT2D eigenvalue weighted by Crippen LogP contribution is 2.30. The summed E-state index contributed by atoms with van der Waals surface area (Å²) >= 11 is 0. The molecule has 3 unspecified atom stereocenters. The molecule has 0 amide bonds. The van der Waals surface area contributed by atoms with Crippen molar-refractivity contribution in [3.63, 3.8) is 0 Å². The molecule has 1 aliphatic rings. The Morgan fingerprint density at radius 3 is 2.52 bits per heavy atom. The van der Waals surface area contributed by atoms with E-state index < -0.39 is 9.84 Å². The topological polar surface area (TPSA) is 77.2 Å². The van der Waals surface area contributed by atoms with Crippen molar-refractivity contribution >= 4 is 15.6 Å². The first kappa shape index (κ1) is 18.6. The van der Waals surface area contributed by atoms with Gasteiger partial charge in [-0.3, -0.25) is 4.79 Å². The van der Waals surface area contributed by atoms with E-state index in [2.05, 4.69) is 6.92 Å². The molecule has 0 aromatic rings. The van der Waals surface area contributed by atoms with Crippen molar-refractivity contribution in [3.05, 3.63) is 0 Å². The van der Waals surface area contributed by atoms with Crippen LogP contribution in [0.1, 0.15) is 64.7 Å². The maximum atomic E-state index is 12.4. The third-order valence-corrected chi connectivity index (χ3v) is 6.40. The van der Waals surface area contributed by atoms with Crippen LogP contribution >= 0.6 is 0 Å². The molecule has 0 aromatic heterocycles. The fourth-order valence-electron chi connectivity index (χ4n) is 3.45. The van der Waals surface area contributed by atoms with Gasteiger partial charge in [-0.15, -0.1) is 0 Å². The number of hydrogen-bond donors (Lipinski definition) is 1. The van der Waals surface area contributed by atoms with Gasteiger partial charge in [0.25, 0.3) is 0 Å². The van der Waals surface area contributed by atoms with Gasteiger partial charge in [0.15, 0.2) is 0 Å². The lowest BCUT2D eigenvalue weighted by atomic mass is 9.83. The van der Waals surface area contributed by atoms with Gasteiger partial charge in [0.1, 0.15) is 15.6 Å². The van der Waals surface area contributed by atoms with Crippen molar-refractivity contribution in [3.8, 4) is 0 Å². The molecule has 1 aliphatic carbocycles. The third-order valence-electron chi connectivity index (χ3n) is 4.76. The van der Waals surface area contributed by atoms with Gasteiger partial charge in [0, 0.05) is 18.6 Å². The molecule has 3 atom stereocenters. The van der Waals surface area contributed by atoms with E-state index in [1.807, 2.05) is 0 Å². The number of sulfone groups is 1. The number of Topliss-reactive ketones (excluding diaryl/α,β-unsaturated/α-hetero) is 1. The first-order valence-corrected chi connectivity index (χ1v) is 10.3. The lowest BCUT2D eigenvalue weighted by molar-refractivity contribution is -0.124. The van der Waals surface area contributed by atoms with Crippen LogP contribution in [0, 0.1) is 11.8 Å². The summed E-state index contributed by atoms with van der Waals surface area (Å²) in [4.78, 5) is 12.4. The Morgan fingerprint density at radius 1 is 1.24 bits per heavy atom. The molecule has 0 saturated heterocycles. The molecule has 21 heavy (non-hydrogen) atoms. The SMILES string of the molecule is CCCC(CCN)CCC(=O)C1CCCC(S(C)(=O)=O)C1. The van der Waals surface area contributed by atoms with Gasteiger partial charge in [-0.1, -0.05) is 26.2 Å². The second kappa shape index (κ2) is 8.89. The van der Waals surface area contributed by atoms with Crippen LogP contribution in [0.25, 0.3) is 0 Å². The predicted molar refractivity (Wildman–Crippen MR) is 86.9 cm³/mol. The van der Waals surface area contributed by atoms with E-state index >= 15 is 0 Å². The molecule has 5 heteroatoms. The predicted octanol–water partition coefficient (Wildman–Crippen LogP) is 2.70. The Hall–Kier alpha value is -0.420. The fraction of sp³-hybridized carbons (Fsp3) is 0.938. The summed E-state index contributed by atoms with van der Waals surface area (Å²) in [6.07, 6.45) is 8.99. The van der Waals surface area contributed by atoms with Gasteiger partial charge in [-0.05, 0) is 44.6 Å². The summed E-state index contributed by atoms with van der Waals surface area (Å²) in [6, 6.07) is 0. The monoisotopic (exact) mass is 317 g/mol. The minimum Gasteiger partial charge on any atom is -0.330 e. The number of carbonyl (C=O) groups excluding carboxylic acids is 1. The number of nitrogens with two attached hydrogens (primary N) is 1. The zero-order valence-electron chi connectivity index (χ0n) is 13.5. The number of rotatable bonds is 9. The molecule has 0 spiro atoms. The minimum absolute atomic E-state index is 0.0429. The molecule has 1 fully saturated rings. The van der Waals surface area contributed by atoms with Crippen LogP contribution in [-0.2, 0) is 14.6 Å². The second-order valence-corrected chi connectivity index (χ2v) is 8.88. The molecule has 4 nitrogen and oxygen atoms in total. The van der Waals surface area contributed by atoms with Crippen LogP contribution in [0.2, 0.25) is 0 Å². The molecule has 0 aliphatic heterocycles. The van der Waals surface area contributed by atoms with Crippen LogP contribution in [0.3, 0.4) is 0 Å². The minimum atomic E-state index is -3.01. The van der Waals surface area contributed by atoms with Crippen LogP contribution in [0.4, 0.5) is 0 Å². The zero-order chi connectivity index (χ0) is 15.9. The van der Waals surface area contributed by atoms with Crippen molar-refractivity contribution in [2.45, 2.75) is 70.0 Å². The Labute approximate surface area is 129 Å². The summed E-state index contributed by atoms with van der Waals surface area (Å²) in [6.45, 7) is 2.83. The smallest absolute Gasteiger partial charge is 0.150 e. The lowest BCUT2D eigenvalue weighted by Crippen LogP contribution is -2.31. The van der Waals surface area contributed by atoms with E-state index in [1.54, 1.807) is 0 Å². The van der Waals surface area contributed by atoms with E-state index in [4.69, 9.17) is 5.73 Å². The fourth-order valence-corrected chi connectivity index (χ4v) is 4.63. The van der Waals surface area contributed by atoms with Crippen LogP contribution in [0.5, 0.6) is 0 Å². The van der Waals surface area contributed by atoms with Crippen molar-refractivity contribution in [2.75, 3.05) is 12.8 Å². The third kappa shape index (κ3) is 6.47. The van der Waals surface area contributed by atoms with E-state index in [0.29, 0.717) is 31.7 Å². The summed E-state index contributed by atoms with van der Waals surface area (Å²) in [7, 11) is -3.01. The van der Waals surface area contributed by atoms with Crippen LogP contribution in [-0.4, -0.2) is 32.3 Å². The largest absolute Gasteiger partial charge is 0.330 e. The maximum absolute atomic E-state index is 12.4. The van der Waals surface area contributed by atoms with Gasteiger partial charge >= 0.3 is 0 Å². The molecule has 0 radical (unpaired) electrons.